The van der Waals surface area contributed by atoms with E-state index >= 15 is 0 Å². The molecule has 2 atom stereocenters. The van der Waals surface area contributed by atoms with Crippen LogP contribution >= 0.6 is 0 Å². The molecule has 0 radical (unpaired) electrons. The number of anilines is 2. The summed E-state index contributed by atoms with van der Waals surface area (Å²) in [6.07, 6.45) is 4.06. The van der Waals surface area contributed by atoms with Gasteiger partial charge in [-0.15, -0.1) is 0 Å². The van der Waals surface area contributed by atoms with Gasteiger partial charge in [-0.3, -0.25) is 9.00 Å². The maximum absolute atomic E-state index is 14.6. The van der Waals surface area contributed by atoms with Gasteiger partial charge in [0, 0.05) is 46.2 Å². The fourth-order valence-corrected chi connectivity index (χ4v) is 4.23. The van der Waals surface area contributed by atoms with Crippen molar-refractivity contribution < 1.29 is 27.3 Å². The lowest BCUT2D eigenvalue weighted by Gasteiger charge is -2.13. The Morgan fingerprint density at radius 2 is 1.85 bits per heavy atom. The number of nitrogens with one attached hydrogen (secondary N) is 1. The van der Waals surface area contributed by atoms with E-state index < -0.39 is 34.4 Å². The topological polar surface area (TPSA) is 142 Å². The van der Waals surface area contributed by atoms with Gasteiger partial charge in [0.15, 0.2) is 5.82 Å². The average Bonchev–Trinajstić information content (AvgIpc) is 2.86. The van der Waals surface area contributed by atoms with E-state index in [1.807, 2.05) is 26.0 Å². The van der Waals surface area contributed by atoms with Gasteiger partial charge in [-0.1, -0.05) is 13.8 Å². The molecule has 0 saturated carbocycles. The molecule has 9 nitrogen and oxygen atoms in total. The summed E-state index contributed by atoms with van der Waals surface area (Å²) in [5.74, 6) is -0.0553. The molecule has 1 aliphatic rings. The number of nitrogens with zero attached hydrogens (tertiary/aromatic N) is 2. The van der Waals surface area contributed by atoms with Crippen LogP contribution in [0, 0.1) is 17.6 Å². The summed E-state index contributed by atoms with van der Waals surface area (Å²) in [5, 5.41) is 3.05. The summed E-state index contributed by atoms with van der Waals surface area (Å²) in [7, 11) is -1.03. The molecule has 0 aliphatic carbocycles. The molecule has 4 bridgehead atoms. The first-order valence-electron chi connectivity index (χ1n) is 12.4. The lowest BCUT2D eigenvalue weighted by molar-refractivity contribution is -0.120. The number of hydrogen-bond acceptors (Lipinski definition) is 8. The molecule has 5 N–H and O–H groups in total. The summed E-state index contributed by atoms with van der Waals surface area (Å²) in [4.78, 5) is 18.6. The molecule has 0 saturated heterocycles. The Hall–Kier alpha value is -3.64. The number of benzene rings is 2. The number of rotatable bonds is 4. The summed E-state index contributed by atoms with van der Waals surface area (Å²) in [5.41, 5.74) is 12.0. The van der Waals surface area contributed by atoms with Crippen LogP contribution in [-0.4, -0.2) is 45.6 Å². The maximum atomic E-state index is 14.6. The van der Waals surface area contributed by atoms with E-state index in [1.165, 1.54) is 18.2 Å². The number of aromatic nitrogens is 2. The number of halogens is 2. The number of ether oxygens (including phenoxy) is 2. The van der Waals surface area contributed by atoms with Crippen LogP contribution in [0.1, 0.15) is 32.3 Å². The Morgan fingerprint density at radius 3 is 2.49 bits per heavy atom. The molecule has 2 heterocycles. The van der Waals surface area contributed by atoms with Gasteiger partial charge in [0.25, 0.3) is 0 Å². The number of carbonyl (C=O) groups excluding carboxylic acids is 1. The molecular formula is C27H33F2N5O4S. The zero-order valence-electron chi connectivity index (χ0n) is 22.1. The van der Waals surface area contributed by atoms with Crippen LogP contribution in [0.2, 0.25) is 0 Å². The molecule has 210 valence electrons. The number of nitrogens with two attached hydrogens (primary N) is 2. The number of amides is 1. The monoisotopic (exact) mass is 561 g/mol. The number of carbonyl (C=O) groups is 1. The molecule has 1 aromatic heterocycles. The maximum Gasteiger partial charge on any atom is 0.234 e. The molecule has 39 heavy (non-hydrogen) atoms. The first-order chi connectivity index (χ1) is 18.5. The molecule has 4 rings (SSSR count). The first-order valence-corrected chi connectivity index (χ1v) is 14.1. The summed E-state index contributed by atoms with van der Waals surface area (Å²) < 4.78 is 51.7. The fraction of sp³-hybridized carbons (Fsp3) is 0.370. The van der Waals surface area contributed by atoms with Gasteiger partial charge in [0.05, 0.1) is 25.5 Å². The molecular weight excluding hydrogens is 528 g/mol. The quantitative estimate of drug-likeness (QED) is 0.433. The predicted octanol–water partition coefficient (Wildman–Crippen LogP) is 4.05. The van der Waals surface area contributed by atoms with Crippen LogP contribution in [0.25, 0.3) is 11.3 Å². The largest absolute Gasteiger partial charge is 0.494 e. The SMILES string of the molecule is CC(C)C(N)C(N)=O.CS(=O)Cc1cc2cc(c1)OCCCCOc1cc(F)ccc1-c1nc(ncc1F)N2. The van der Waals surface area contributed by atoms with Crippen LogP contribution in [-0.2, 0) is 21.3 Å². The highest BCUT2D eigenvalue weighted by Crippen LogP contribution is 2.33. The van der Waals surface area contributed by atoms with E-state index in [2.05, 4.69) is 15.3 Å². The van der Waals surface area contributed by atoms with Crippen molar-refractivity contribution in [3.05, 3.63) is 59.8 Å². The van der Waals surface area contributed by atoms with Crippen LogP contribution in [0.5, 0.6) is 11.5 Å². The van der Waals surface area contributed by atoms with Crippen LogP contribution in [0.4, 0.5) is 20.4 Å². The molecule has 3 aromatic rings. The zero-order valence-corrected chi connectivity index (χ0v) is 22.9. The second-order valence-electron chi connectivity index (χ2n) is 9.32. The smallest absolute Gasteiger partial charge is 0.234 e. The Morgan fingerprint density at radius 1 is 1.13 bits per heavy atom. The third-order valence-corrected chi connectivity index (χ3v) is 6.39. The van der Waals surface area contributed by atoms with Crippen molar-refractivity contribution in [1.82, 2.24) is 9.97 Å². The minimum absolute atomic E-state index is 0.00432. The van der Waals surface area contributed by atoms with Crippen molar-refractivity contribution in [2.75, 3.05) is 24.8 Å². The van der Waals surface area contributed by atoms with Gasteiger partial charge >= 0.3 is 0 Å². The Balaban J connectivity index is 0.000000459. The van der Waals surface area contributed by atoms with Crippen LogP contribution in [0.15, 0.2) is 42.6 Å². The summed E-state index contributed by atoms with van der Waals surface area (Å²) >= 11 is 0. The highest BCUT2D eigenvalue weighted by Gasteiger charge is 2.17. The van der Waals surface area contributed by atoms with E-state index in [-0.39, 0.29) is 23.3 Å². The van der Waals surface area contributed by atoms with E-state index in [9.17, 15) is 17.8 Å². The average molecular weight is 562 g/mol. The number of hydrogen-bond donors (Lipinski definition) is 3. The lowest BCUT2D eigenvalue weighted by Crippen LogP contribution is -2.40. The van der Waals surface area contributed by atoms with Crippen LogP contribution < -0.4 is 26.3 Å². The molecule has 12 heteroatoms. The molecule has 0 spiro atoms. The zero-order chi connectivity index (χ0) is 28.5. The highest BCUT2D eigenvalue weighted by molar-refractivity contribution is 7.83. The minimum Gasteiger partial charge on any atom is -0.494 e. The first kappa shape index (κ1) is 29.9. The highest BCUT2D eigenvalue weighted by atomic mass is 32.2. The van der Waals surface area contributed by atoms with Crippen molar-refractivity contribution in [3.8, 4) is 22.8 Å². The Bertz CT molecular complexity index is 1330. The second kappa shape index (κ2) is 13.9. The van der Waals surface area contributed by atoms with E-state index in [4.69, 9.17) is 20.9 Å². The van der Waals surface area contributed by atoms with E-state index in [1.54, 1.807) is 12.3 Å². The molecule has 1 aliphatic heterocycles. The van der Waals surface area contributed by atoms with Gasteiger partial charge in [-0.05, 0) is 48.6 Å². The third kappa shape index (κ3) is 8.96. The van der Waals surface area contributed by atoms with Crippen molar-refractivity contribution >= 4 is 28.3 Å². The third-order valence-electron chi connectivity index (χ3n) is 5.65. The van der Waals surface area contributed by atoms with E-state index in [0.29, 0.717) is 48.8 Å². The van der Waals surface area contributed by atoms with Crippen molar-refractivity contribution in [2.24, 2.45) is 17.4 Å². The van der Waals surface area contributed by atoms with Crippen molar-refractivity contribution in [2.45, 2.75) is 38.5 Å². The lowest BCUT2D eigenvalue weighted by atomic mass is 10.1. The standard InChI is InChI=1S/C22H21F2N3O3S.C5H12N2O/c1-31(28)13-14-8-16-11-17(9-14)29-6-2-3-7-30-20-10-15(23)4-5-18(20)21-19(24)12-25-22(26-16)27-21;1-3(2)4(6)5(7)8/h4-5,8-12H,2-3,6-7,13H2,1H3,(H,25,26,27);3-4H,6H2,1-2H3,(H2,7,8). The fourth-order valence-electron chi connectivity index (χ4n) is 3.60. The van der Waals surface area contributed by atoms with E-state index in [0.717, 1.165) is 11.8 Å². The second-order valence-corrected chi connectivity index (χ2v) is 10.8. The normalized spacial score (nSPS) is 14.5. The summed E-state index contributed by atoms with van der Waals surface area (Å²) in [6, 6.07) is 8.86. The van der Waals surface area contributed by atoms with Crippen LogP contribution in [0.3, 0.4) is 0 Å². The molecule has 0 fully saturated rings. The van der Waals surface area contributed by atoms with Gasteiger partial charge in [-0.25, -0.2) is 18.7 Å². The molecule has 2 aromatic carbocycles. The van der Waals surface area contributed by atoms with Gasteiger partial charge in [0.2, 0.25) is 11.9 Å². The van der Waals surface area contributed by atoms with Crippen molar-refractivity contribution in [3.63, 3.8) is 0 Å². The number of primary amides is 1. The predicted molar refractivity (Wildman–Crippen MR) is 147 cm³/mol. The minimum atomic E-state index is -1.03. The Labute approximate surface area is 228 Å². The number of fused-ring (bicyclic) bond motifs is 6. The summed E-state index contributed by atoms with van der Waals surface area (Å²) in [6.45, 7) is 4.49. The molecule has 2 unspecified atom stereocenters. The van der Waals surface area contributed by atoms with Gasteiger partial charge in [-0.2, -0.15) is 0 Å². The Kier molecular flexibility index (Phi) is 10.7. The molecule has 1 amide bonds. The van der Waals surface area contributed by atoms with Gasteiger partial charge in [0.1, 0.15) is 23.0 Å². The van der Waals surface area contributed by atoms with Crippen molar-refractivity contribution in [1.29, 1.82) is 0 Å². The van der Waals surface area contributed by atoms with Gasteiger partial charge < -0.3 is 26.3 Å².